The molecule has 2 fully saturated rings. The molecule has 0 radical (unpaired) electrons. The summed E-state index contributed by atoms with van der Waals surface area (Å²) in [6.07, 6.45) is 11.6. The zero-order valence-corrected chi connectivity index (χ0v) is 23.6. The van der Waals surface area contributed by atoms with Gasteiger partial charge in [0.2, 0.25) is 11.8 Å². The number of rotatable bonds is 10. The first-order valence-corrected chi connectivity index (χ1v) is 12.7. The van der Waals surface area contributed by atoms with Crippen molar-refractivity contribution in [1.29, 1.82) is 0 Å². The smallest absolute Gasteiger partial charge is 0.402 e. The molecule has 3 rings (SSSR count). The lowest BCUT2D eigenvalue weighted by Gasteiger charge is -2.32. The number of carbonyl (C=O) groups is 2. The minimum absolute atomic E-state index is 0. The summed E-state index contributed by atoms with van der Waals surface area (Å²) in [4.78, 5) is 27.7. The molecule has 3 aliphatic rings. The van der Waals surface area contributed by atoms with Crippen LogP contribution < -0.4 is 10.6 Å². The monoisotopic (exact) mass is 509 g/mol. The van der Waals surface area contributed by atoms with Crippen molar-refractivity contribution < 1.29 is 23.6 Å². The summed E-state index contributed by atoms with van der Waals surface area (Å²) in [5.41, 5.74) is 0.378. The second-order valence-electron chi connectivity index (χ2n) is 10.4. The molecule has 10 heteroatoms. The zero-order valence-electron chi connectivity index (χ0n) is 22.2. The highest BCUT2D eigenvalue weighted by atomic mass is 31.0. The van der Waals surface area contributed by atoms with E-state index in [2.05, 4.69) is 28.9 Å². The van der Waals surface area contributed by atoms with Crippen molar-refractivity contribution in [1.82, 2.24) is 15.5 Å². The third-order valence-corrected chi connectivity index (χ3v) is 7.39. The second kappa shape index (κ2) is 13.3. The number of hydrogen-bond donors (Lipinski definition) is 2. The molecular weight excluding hydrogens is 464 g/mol. The number of morpholine rings is 1. The van der Waals surface area contributed by atoms with Gasteiger partial charge in [-0.3, -0.25) is 9.59 Å². The molecule has 35 heavy (non-hydrogen) atoms. The SMILES string of the molecule is CNC(CC(=O)N1CCOCC1)C(=O)NC(CCCC1=CCCC=C1)B1OC(C)(C)C(C)(C)O1.P. The first kappa shape index (κ1) is 30.0. The Morgan fingerprint density at radius 2 is 1.77 bits per heavy atom. The number of nitrogens with zero attached hydrogens (tertiary/aromatic N) is 1. The van der Waals surface area contributed by atoms with Gasteiger partial charge < -0.3 is 29.6 Å². The number of likely N-dealkylation sites (N-methyl/N-ethyl adjacent to an activating group) is 1. The van der Waals surface area contributed by atoms with Crippen molar-refractivity contribution in [3.05, 3.63) is 23.8 Å². The summed E-state index contributed by atoms with van der Waals surface area (Å²) in [6.45, 7) is 10.3. The first-order chi connectivity index (χ1) is 16.1. The summed E-state index contributed by atoms with van der Waals surface area (Å²) in [6, 6.07) is -0.621. The first-order valence-electron chi connectivity index (χ1n) is 12.7. The Kier molecular flexibility index (Phi) is 11.4. The van der Waals surface area contributed by atoms with Gasteiger partial charge in [-0.05, 0) is 66.8 Å². The van der Waals surface area contributed by atoms with Gasteiger partial charge in [0.15, 0.2) is 0 Å². The summed E-state index contributed by atoms with van der Waals surface area (Å²) < 4.78 is 17.9. The molecule has 2 N–H and O–H groups in total. The lowest BCUT2D eigenvalue weighted by atomic mass is 9.75. The maximum atomic E-state index is 13.2. The standard InChI is InChI=1S/C25H42BN3O5.H3P/c1-24(2)25(3,4)34-26(33-24)21(13-9-12-19-10-7-6-8-11-19)28-23(31)20(27-5)18-22(30)29-14-16-32-17-15-29;/h7,10-11,20-21,27H,6,8-9,12-18H2,1-5H3,(H,28,31);1H3. The molecule has 3 atom stereocenters. The highest BCUT2D eigenvalue weighted by Crippen LogP contribution is 2.38. The quantitative estimate of drug-likeness (QED) is 0.348. The predicted octanol–water partition coefficient (Wildman–Crippen LogP) is 2.44. The maximum Gasteiger partial charge on any atom is 0.481 e. The Hall–Kier alpha value is -1.25. The predicted molar refractivity (Wildman–Crippen MR) is 144 cm³/mol. The van der Waals surface area contributed by atoms with E-state index >= 15 is 0 Å². The molecular formula is C25H45BN3O5P. The molecule has 0 aromatic carbocycles. The van der Waals surface area contributed by atoms with Gasteiger partial charge in [-0.2, -0.15) is 9.90 Å². The Balaban J connectivity index is 0.00000432. The van der Waals surface area contributed by atoms with Crippen molar-refractivity contribution in [2.75, 3.05) is 33.4 Å². The minimum atomic E-state index is -0.621. The summed E-state index contributed by atoms with van der Waals surface area (Å²) >= 11 is 0. The van der Waals surface area contributed by atoms with Crippen molar-refractivity contribution >= 4 is 28.8 Å². The number of allylic oxidation sites excluding steroid dienone is 4. The van der Waals surface area contributed by atoms with E-state index in [0.717, 1.165) is 32.1 Å². The maximum absolute atomic E-state index is 13.2. The average molecular weight is 509 g/mol. The molecule has 2 heterocycles. The van der Waals surface area contributed by atoms with E-state index in [-0.39, 0.29) is 34.1 Å². The average Bonchev–Trinajstić information content (AvgIpc) is 3.04. The number of carbonyl (C=O) groups excluding carboxylic acids is 2. The molecule has 2 amide bonds. The molecule has 198 valence electrons. The number of amides is 2. The van der Waals surface area contributed by atoms with E-state index in [4.69, 9.17) is 14.0 Å². The fourth-order valence-corrected chi connectivity index (χ4v) is 4.43. The van der Waals surface area contributed by atoms with Gasteiger partial charge in [-0.1, -0.05) is 23.8 Å². The number of ether oxygens (including phenoxy) is 1. The van der Waals surface area contributed by atoms with Gasteiger partial charge in [0.25, 0.3) is 0 Å². The largest absolute Gasteiger partial charge is 0.481 e. The van der Waals surface area contributed by atoms with Crippen molar-refractivity contribution in [2.24, 2.45) is 0 Å². The van der Waals surface area contributed by atoms with Crippen molar-refractivity contribution in [2.45, 2.75) is 89.4 Å². The molecule has 0 bridgehead atoms. The number of nitrogens with one attached hydrogen (secondary N) is 2. The van der Waals surface area contributed by atoms with Crippen LogP contribution in [0.3, 0.4) is 0 Å². The third-order valence-electron chi connectivity index (χ3n) is 7.39. The van der Waals surface area contributed by atoms with Gasteiger partial charge in [-0.25, -0.2) is 0 Å². The summed E-state index contributed by atoms with van der Waals surface area (Å²) in [5.74, 6) is -0.558. The second-order valence-corrected chi connectivity index (χ2v) is 10.4. The lowest BCUT2D eigenvalue weighted by molar-refractivity contribution is -0.138. The normalized spacial score (nSPS) is 22.7. The van der Waals surface area contributed by atoms with Gasteiger partial charge >= 0.3 is 7.12 Å². The molecule has 3 unspecified atom stereocenters. The van der Waals surface area contributed by atoms with Crippen LogP contribution in [0.2, 0.25) is 0 Å². The van der Waals surface area contributed by atoms with Crippen LogP contribution in [0.15, 0.2) is 23.8 Å². The van der Waals surface area contributed by atoms with Crippen LogP contribution in [0.5, 0.6) is 0 Å². The highest BCUT2D eigenvalue weighted by molar-refractivity contribution is 6.92. The van der Waals surface area contributed by atoms with Gasteiger partial charge in [0.05, 0.1) is 42.8 Å². The molecule has 0 saturated carbocycles. The topological polar surface area (TPSA) is 89.1 Å². The van der Waals surface area contributed by atoms with Crippen LogP contribution in [0.25, 0.3) is 0 Å². The molecule has 0 aromatic heterocycles. The fraction of sp³-hybridized carbons (Fsp3) is 0.760. The number of hydrogen-bond acceptors (Lipinski definition) is 6. The molecule has 0 spiro atoms. The Labute approximate surface area is 214 Å². The lowest BCUT2D eigenvalue weighted by Crippen LogP contribution is -2.54. The Morgan fingerprint density at radius 1 is 1.11 bits per heavy atom. The van der Waals surface area contributed by atoms with E-state index in [0.29, 0.717) is 26.3 Å². The van der Waals surface area contributed by atoms with E-state index in [1.165, 1.54) is 5.57 Å². The Morgan fingerprint density at radius 3 is 2.34 bits per heavy atom. The van der Waals surface area contributed by atoms with Crippen LogP contribution in [-0.4, -0.2) is 80.4 Å². The Bertz CT molecular complexity index is 767. The van der Waals surface area contributed by atoms with E-state index in [1.54, 1.807) is 11.9 Å². The molecule has 2 aliphatic heterocycles. The molecule has 2 saturated heterocycles. The van der Waals surface area contributed by atoms with Crippen LogP contribution in [0, 0.1) is 0 Å². The molecule has 8 nitrogen and oxygen atoms in total. The highest BCUT2D eigenvalue weighted by Gasteiger charge is 2.54. The van der Waals surface area contributed by atoms with E-state index in [9.17, 15) is 9.59 Å². The van der Waals surface area contributed by atoms with Crippen LogP contribution >= 0.6 is 9.90 Å². The summed E-state index contributed by atoms with van der Waals surface area (Å²) in [5, 5.41) is 6.16. The van der Waals surface area contributed by atoms with Crippen molar-refractivity contribution in [3.63, 3.8) is 0 Å². The third kappa shape index (κ3) is 8.12. The van der Waals surface area contributed by atoms with Gasteiger partial charge in [0, 0.05) is 13.1 Å². The van der Waals surface area contributed by atoms with E-state index in [1.807, 2.05) is 27.7 Å². The molecule has 0 aromatic rings. The van der Waals surface area contributed by atoms with Gasteiger partial charge in [0.1, 0.15) is 0 Å². The zero-order chi connectivity index (χ0) is 24.8. The minimum Gasteiger partial charge on any atom is -0.402 e. The van der Waals surface area contributed by atoms with Crippen LogP contribution in [0.1, 0.15) is 66.2 Å². The van der Waals surface area contributed by atoms with Crippen molar-refractivity contribution in [3.8, 4) is 0 Å². The summed E-state index contributed by atoms with van der Waals surface area (Å²) in [7, 11) is 1.17. The van der Waals surface area contributed by atoms with Gasteiger partial charge in [-0.15, -0.1) is 0 Å². The van der Waals surface area contributed by atoms with Crippen LogP contribution in [-0.2, 0) is 23.6 Å². The van der Waals surface area contributed by atoms with Crippen LogP contribution in [0.4, 0.5) is 0 Å². The molecule has 1 aliphatic carbocycles. The fourth-order valence-electron chi connectivity index (χ4n) is 4.43. The van der Waals surface area contributed by atoms with E-state index < -0.39 is 24.4 Å².